The fourth-order valence-electron chi connectivity index (χ4n) is 1.66. The van der Waals surface area contributed by atoms with Crippen LogP contribution in [0.3, 0.4) is 0 Å². The van der Waals surface area contributed by atoms with Crippen LogP contribution in [0.15, 0.2) is 36.4 Å². The first-order valence-electron chi connectivity index (χ1n) is 6.04. The molecule has 1 amide bonds. The summed E-state index contributed by atoms with van der Waals surface area (Å²) in [6.07, 6.45) is 3.04. The molecule has 2 rings (SSSR count). The highest BCUT2D eigenvalue weighted by Gasteiger charge is 2.12. The van der Waals surface area contributed by atoms with Crippen LogP contribution in [0.2, 0.25) is 5.02 Å². The van der Waals surface area contributed by atoms with Crippen LogP contribution < -0.4 is 5.32 Å². The fourth-order valence-corrected chi connectivity index (χ4v) is 2.71. The third-order valence-corrected chi connectivity index (χ3v) is 4.05. The maximum absolute atomic E-state index is 11.8. The first-order valence-corrected chi connectivity index (χ1v) is 7.23. The number of carbonyl (C=O) groups excluding carboxylic acids is 1. The number of carboxylic acids is 1. The number of aryl methyl sites for hydroxylation is 1. The highest BCUT2D eigenvalue weighted by molar-refractivity contribution is 7.18. The van der Waals surface area contributed by atoms with Gasteiger partial charge in [-0.15, -0.1) is 11.3 Å². The molecule has 2 aromatic rings. The Labute approximate surface area is 130 Å². The Kier molecular flexibility index (Phi) is 4.77. The smallest absolute Gasteiger partial charge is 0.346 e. The van der Waals surface area contributed by atoms with Crippen molar-refractivity contribution in [1.29, 1.82) is 0 Å². The van der Waals surface area contributed by atoms with Crippen molar-refractivity contribution in [3.63, 3.8) is 0 Å². The van der Waals surface area contributed by atoms with Crippen molar-refractivity contribution in [2.24, 2.45) is 0 Å². The molecule has 108 valence electrons. The third kappa shape index (κ3) is 4.18. The van der Waals surface area contributed by atoms with E-state index in [0.717, 1.165) is 16.9 Å². The van der Waals surface area contributed by atoms with E-state index < -0.39 is 5.97 Å². The summed E-state index contributed by atoms with van der Waals surface area (Å²) in [6, 6.07) is 8.71. The van der Waals surface area contributed by atoms with Gasteiger partial charge in [0.25, 0.3) is 0 Å². The number of rotatable bonds is 4. The molecule has 0 radical (unpaired) electrons. The van der Waals surface area contributed by atoms with Gasteiger partial charge in [0.05, 0.1) is 5.00 Å². The molecule has 0 saturated carbocycles. The van der Waals surface area contributed by atoms with E-state index in [0.29, 0.717) is 15.6 Å². The molecule has 0 aliphatic rings. The number of halogens is 1. The van der Waals surface area contributed by atoms with E-state index >= 15 is 0 Å². The van der Waals surface area contributed by atoms with Crippen molar-refractivity contribution in [1.82, 2.24) is 0 Å². The number of carbonyl (C=O) groups is 2. The van der Waals surface area contributed by atoms with E-state index in [4.69, 9.17) is 16.7 Å². The maximum Gasteiger partial charge on any atom is 0.346 e. The van der Waals surface area contributed by atoms with Gasteiger partial charge in [-0.25, -0.2) is 4.79 Å². The van der Waals surface area contributed by atoms with Crippen LogP contribution in [0.1, 0.15) is 20.8 Å². The summed E-state index contributed by atoms with van der Waals surface area (Å²) < 4.78 is 0. The number of hydrogen-bond acceptors (Lipinski definition) is 3. The summed E-state index contributed by atoms with van der Waals surface area (Å²) >= 11 is 6.81. The van der Waals surface area contributed by atoms with Crippen LogP contribution in [0.25, 0.3) is 6.08 Å². The quantitative estimate of drug-likeness (QED) is 0.834. The number of hydrogen-bond donors (Lipinski definition) is 2. The Hall–Kier alpha value is -2.11. The Bertz CT molecular complexity index is 704. The van der Waals surface area contributed by atoms with Crippen molar-refractivity contribution in [3.8, 4) is 0 Å². The Morgan fingerprint density at radius 2 is 1.95 bits per heavy atom. The minimum absolute atomic E-state index is 0.229. The van der Waals surface area contributed by atoms with Gasteiger partial charge in [-0.05, 0) is 42.3 Å². The lowest BCUT2D eigenvalue weighted by molar-refractivity contribution is -0.111. The molecule has 0 aliphatic heterocycles. The lowest BCUT2D eigenvalue weighted by Gasteiger charge is -1.97. The molecule has 1 aromatic heterocycles. The highest BCUT2D eigenvalue weighted by Crippen LogP contribution is 2.26. The monoisotopic (exact) mass is 321 g/mol. The normalized spacial score (nSPS) is 10.8. The van der Waals surface area contributed by atoms with Gasteiger partial charge in [-0.1, -0.05) is 23.7 Å². The summed E-state index contributed by atoms with van der Waals surface area (Å²) in [6.45, 7) is 1.69. The third-order valence-electron chi connectivity index (χ3n) is 2.66. The second-order valence-electron chi connectivity index (χ2n) is 4.30. The second-order valence-corrected chi connectivity index (χ2v) is 5.79. The largest absolute Gasteiger partial charge is 0.477 e. The maximum atomic E-state index is 11.8. The van der Waals surface area contributed by atoms with E-state index in [2.05, 4.69) is 5.32 Å². The number of aromatic carboxylic acids is 1. The highest BCUT2D eigenvalue weighted by atomic mass is 35.5. The molecule has 1 aromatic carbocycles. The lowest BCUT2D eigenvalue weighted by atomic mass is 10.2. The predicted octanol–water partition coefficient (Wildman–Crippen LogP) is 4.06. The van der Waals surface area contributed by atoms with Crippen LogP contribution >= 0.6 is 22.9 Å². The first kappa shape index (κ1) is 15.3. The van der Waals surface area contributed by atoms with Crippen LogP contribution in [-0.2, 0) is 4.79 Å². The number of anilines is 1. The van der Waals surface area contributed by atoms with Gasteiger partial charge in [-0.2, -0.15) is 0 Å². The van der Waals surface area contributed by atoms with Crippen molar-refractivity contribution < 1.29 is 14.7 Å². The molecule has 0 atom stereocenters. The summed E-state index contributed by atoms with van der Waals surface area (Å²) in [5, 5.41) is 12.7. The van der Waals surface area contributed by atoms with Gasteiger partial charge >= 0.3 is 5.97 Å². The second kappa shape index (κ2) is 6.56. The fraction of sp³-hybridized carbons (Fsp3) is 0.0667. The van der Waals surface area contributed by atoms with Crippen molar-refractivity contribution in [2.75, 3.05) is 5.32 Å². The van der Waals surface area contributed by atoms with Gasteiger partial charge in [0.1, 0.15) is 4.88 Å². The van der Waals surface area contributed by atoms with E-state index in [9.17, 15) is 9.59 Å². The number of carboxylic acid groups (broad SMARTS) is 1. The molecular formula is C15H12ClNO3S. The first-order chi connectivity index (χ1) is 9.95. The van der Waals surface area contributed by atoms with Gasteiger partial charge in [0.15, 0.2) is 0 Å². The Morgan fingerprint density at radius 3 is 2.52 bits per heavy atom. The average Bonchev–Trinajstić information content (AvgIpc) is 2.79. The summed E-state index contributed by atoms with van der Waals surface area (Å²) in [7, 11) is 0. The molecular weight excluding hydrogens is 310 g/mol. The zero-order valence-electron chi connectivity index (χ0n) is 11.1. The molecule has 0 unspecified atom stereocenters. The molecule has 0 saturated heterocycles. The van der Waals surface area contributed by atoms with Gasteiger partial charge in [0.2, 0.25) is 5.91 Å². The minimum atomic E-state index is -0.991. The van der Waals surface area contributed by atoms with E-state index in [1.807, 2.05) is 0 Å². The van der Waals surface area contributed by atoms with Crippen LogP contribution in [0.5, 0.6) is 0 Å². The molecule has 6 heteroatoms. The van der Waals surface area contributed by atoms with Crippen LogP contribution in [0.4, 0.5) is 5.00 Å². The Balaban J connectivity index is 2.03. The summed E-state index contributed by atoms with van der Waals surface area (Å²) in [5.41, 5.74) is 1.48. The average molecular weight is 322 g/mol. The van der Waals surface area contributed by atoms with Gasteiger partial charge in [0, 0.05) is 11.1 Å². The molecule has 0 aliphatic carbocycles. The molecule has 0 fully saturated rings. The molecule has 4 nitrogen and oxygen atoms in total. The predicted molar refractivity (Wildman–Crippen MR) is 85.1 cm³/mol. The molecule has 2 N–H and O–H groups in total. The zero-order chi connectivity index (χ0) is 15.4. The van der Waals surface area contributed by atoms with Gasteiger partial charge < -0.3 is 10.4 Å². The number of amides is 1. The molecule has 0 spiro atoms. The number of nitrogens with one attached hydrogen (secondary N) is 1. The van der Waals surface area contributed by atoms with E-state index in [1.54, 1.807) is 43.3 Å². The Morgan fingerprint density at radius 1 is 1.29 bits per heavy atom. The topological polar surface area (TPSA) is 66.4 Å². The van der Waals surface area contributed by atoms with Crippen LogP contribution in [0, 0.1) is 6.92 Å². The standard InChI is InChI=1S/C15H12ClNO3S/c1-9-8-13(21-14(9)15(19)20)17-12(18)7-4-10-2-5-11(16)6-3-10/h2-8H,1H3,(H,17,18)(H,19,20)/b7-4+. The van der Waals surface area contributed by atoms with E-state index in [-0.39, 0.29) is 10.8 Å². The van der Waals surface area contributed by atoms with Crippen molar-refractivity contribution in [3.05, 3.63) is 57.4 Å². The number of thiophene rings is 1. The van der Waals surface area contributed by atoms with Crippen molar-refractivity contribution in [2.45, 2.75) is 6.92 Å². The molecule has 21 heavy (non-hydrogen) atoms. The molecule has 1 heterocycles. The molecule has 0 bridgehead atoms. The van der Waals surface area contributed by atoms with E-state index in [1.165, 1.54) is 6.08 Å². The SMILES string of the molecule is Cc1cc(NC(=O)/C=C/c2ccc(Cl)cc2)sc1C(=O)O. The zero-order valence-corrected chi connectivity index (χ0v) is 12.7. The summed E-state index contributed by atoms with van der Waals surface area (Å²) in [4.78, 5) is 22.9. The van der Waals surface area contributed by atoms with Gasteiger partial charge in [-0.3, -0.25) is 4.79 Å². The van der Waals surface area contributed by atoms with Crippen molar-refractivity contribution >= 4 is 45.9 Å². The minimum Gasteiger partial charge on any atom is -0.477 e. The summed E-state index contributed by atoms with van der Waals surface area (Å²) in [5.74, 6) is -1.31. The lowest BCUT2D eigenvalue weighted by Crippen LogP contribution is -2.06. The van der Waals surface area contributed by atoms with Crippen LogP contribution in [-0.4, -0.2) is 17.0 Å². The number of benzene rings is 1.